The molecule has 1 aliphatic carbocycles. The highest BCUT2D eigenvalue weighted by atomic mass is 19.4. The van der Waals surface area contributed by atoms with E-state index in [4.69, 9.17) is 0 Å². The van der Waals surface area contributed by atoms with Crippen LogP contribution in [0.2, 0.25) is 0 Å². The lowest BCUT2D eigenvalue weighted by Crippen LogP contribution is -2.43. The zero-order valence-electron chi connectivity index (χ0n) is 23.0. The highest BCUT2D eigenvalue weighted by Gasteiger charge is 2.55. The van der Waals surface area contributed by atoms with Crippen molar-refractivity contribution in [2.75, 3.05) is 11.9 Å². The molecule has 1 saturated carbocycles. The lowest BCUT2D eigenvalue weighted by Gasteiger charge is -2.24. The minimum atomic E-state index is -5.09. The average molecular weight is 621 g/mol. The number of fused-ring (bicyclic) bond motifs is 1. The van der Waals surface area contributed by atoms with Crippen LogP contribution in [-0.4, -0.2) is 48.6 Å². The summed E-state index contributed by atoms with van der Waals surface area (Å²) in [6.45, 7) is 0.741. The Bertz CT molecular complexity index is 1780. The molecule has 2 aliphatic rings. The van der Waals surface area contributed by atoms with Gasteiger partial charge < -0.3 is 15.2 Å². The number of hydrogen-bond acceptors (Lipinski definition) is 4. The number of aryl methyl sites for hydroxylation is 1. The monoisotopic (exact) mass is 620 g/mol. The van der Waals surface area contributed by atoms with E-state index in [1.807, 2.05) is 18.2 Å². The van der Waals surface area contributed by atoms with Crippen molar-refractivity contribution in [2.24, 2.45) is 5.41 Å². The van der Waals surface area contributed by atoms with E-state index < -0.39 is 35.7 Å². The SMILES string of the molecule is O=C(Nc1ccc(-n2nc(C(F)(F)F)cc2C(F)(F)F)cc1)[C@@H]1CC2(CC2)CN1C(=O)CCCn1c(=O)[nH]c2ccccc21. The topological polar surface area (TPSA) is 105 Å². The number of amides is 2. The molecule has 15 heteroatoms. The molecule has 4 aromatic rings. The lowest BCUT2D eigenvalue weighted by molar-refractivity contribution is -0.143. The summed E-state index contributed by atoms with van der Waals surface area (Å²) in [5.74, 6) is -0.701. The molecule has 1 atom stereocenters. The second-order valence-electron chi connectivity index (χ2n) is 11.3. The minimum Gasteiger partial charge on any atom is -0.330 e. The maximum absolute atomic E-state index is 13.4. The molecule has 0 bridgehead atoms. The van der Waals surface area contributed by atoms with Crippen LogP contribution in [0.3, 0.4) is 0 Å². The first-order chi connectivity index (χ1) is 20.7. The van der Waals surface area contributed by atoms with Crippen molar-refractivity contribution in [1.29, 1.82) is 0 Å². The number of rotatable bonds is 7. The molecule has 44 heavy (non-hydrogen) atoms. The Morgan fingerprint density at radius 3 is 2.36 bits per heavy atom. The highest BCUT2D eigenvalue weighted by Crippen LogP contribution is 2.55. The van der Waals surface area contributed by atoms with Crippen molar-refractivity contribution in [1.82, 2.24) is 24.2 Å². The molecule has 2 aromatic heterocycles. The smallest absolute Gasteiger partial charge is 0.330 e. The van der Waals surface area contributed by atoms with Crippen LogP contribution < -0.4 is 11.0 Å². The first-order valence-corrected chi connectivity index (χ1v) is 13.9. The molecule has 6 rings (SSSR count). The zero-order valence-corrected chi connectivity index (χ0v) is 23.0. The number of imidazole rings is 1. The number of hydrogen-bond donors (Lipinski definition) is 2. The number of nitrogens with one attached hydrogen (secondary N) is 2. The number of anilines is 1. The number of para-hydroxylation sites is 2. The van der Waals surface area contributed by atoms with Gasteiger partial charge in [0.05, 0.1) is 16.7 Å². The number of H-pyrrole nitrogens is 1. The molecule has 1 aliphatic heterocycles. The maximum Gasteiger partial charge on any atom is 0.435 e. The number of carbonyl (C=O) groups excluding carboxylic acids is 2. The normalized spacial score (nSPS) is 17.9. The molecule has 1 spiro atoms. The summed E-state index contributed by atoms with van der Waals surface area (Å²) in [7, 11) is 0. The number of benzene rings is 2. The van der Waals surface area contributed by atoms with Gasteiger partial charge in [0.25, 0.3) is 0 Å². The molecule has 0 radical (unpaired) electrons. The van der Waals surface area contributed by atoms with Gasteiger partial charge in [-0.25, -0.2) is 9.48 Å². The Morgan fingerprint density at radius 2 is 1.70 bits per heavy atom. The molecule has 2 aromatic carbocycles. The van der Waals surface area contributed by atoms with Gasteiger partial charge in [0.1, 0.15) is 11.7 Å². The van der Waals surface area contributed by atoms with Crippen LogP contribution in [0.15, 0.2) is 59.4 Å². The fourth-order valence-electron chi connectivity index (χ4n) is 5.78. The largest absolute Gasteiger partial charge is 0.435 e. The zero-order chi connectivity index (χ0) is 31.4. The Balaban J connectivity index is 1.13. The Kier molecular flexibility index (Phi) is 7.08. The van der Waals surface area contributed by atoms with E-state index in [1.165, 1.54) is 12.1 Å². The summed E-state index contributed by atoms with van der Waals surface area (Å²) >= 11 is 0. The van der Waals surface area contributed by atoms with E-state index in [9.17, 15) is 40.7 Å². The van der Waals surface area contributed by atoms with Crippen molar-refractivity contribution in [3.8, 4) is 5.69 Å². The summed E-state index contributed by atoms with van der Waals surface area (Å²) in [6, 6.07) is 11.1. The Morgan fingerprint density at radius 1 is 1.00 bits per heavy atom. The number of alkyl halides is 6. The quantitative estimate of drug-likeness (QED) is 0.272. The third-order valence-electron chi connectivity index (χ3n) is 8.21. The van der Waals surface area contributed by atoms with Gasteiger partial charge in [-0.3, -0.25) is 14.2 Å². The van der Waals surface area contributed by atoms with Gasteiger partial charge in [-0.2, -0.15) is 31.4 Å². The Labute approximate surface area is 245 Å². The van der Waals surface area contributed by atoms with Gasteiger partial charge in [-0.1, -0.05) is 12.1 Å². The number of nitrogens with zero attached hydrogens (tertiary/aromatic N) is 4. The van der Waals surface area contributed by atoms with Crippen LogP contribution >= 0.6 is 0 Å². The van der Waals surface area contributed by atoms with Gasteiger partial charge in [-0.05, 0) is 67.5 Å². The van der Waals surface area contributed by atoms with Gasteiger partial charge in [0.2, 0.25) is 11.8 Å². The molecule has 9 nitrogen and oxygen atoms in total. The summed E-state index contributed by atoms with van der Waals surface area (Å²) in [5, 5.41) is 5.78. The second kappa shape index (κ2) is 10.6. The fourth-order valence-corrected chi connectivity index (χ4v) is 5.78. The lowest BCUT2D eigenvalue weighted by atomic mass is 10.0. The first kappa shape index (κ1) is 29.5. The molecule has 232 valence electrons. The maximum atomic E-state index is 13.4. The summed E-state index contributed by atoms with van der Waals surface area (Å²) in [6.07, 6.45) is -7.44. The van der Waals surface area contributed by atoms with Crippen LogP contribution in [0.4, 0.5) is 32.0 Å². The van der Waals surface area contributed by atoms with Crippen molar-refractivity contribution in [2.45, 2.75) is 57.0 Å². The molecule has 0 unspecified atom stereocenters. The number of aromatic amines is 1. The molecule has 3 heterocycles. The first-order valence-electron chi connectivity index (χ1n) is 13.9. The molecular weight excluding hydrogens is 594 g/mol. The van der Waals surface area contributed by atoms with Crippen molar-refractivity contribution in [3.63, 3.8) is 0 Å². The summed E-state index contributed by atoms with van der Waals surface area (Å²) in [5.41, 5.74) is -2.34. The van der Waals surface area contributed by atoms with Crippen LogP contribution in [0.1, 0.15) is 43.5 Å². The van der Waals surface area contributed by atoms with Gasteiger partial charge >= 0.3 is 18.0 Å². The van der Waals surface area contributed by atoms with Gasteiger partial charge in [-0.15, -0.1) is 0 Å². The van der Waals surface area contributed by atoms with Crippen LogP contribution in [-0.2, 0) is 28.5 Å². The predicted octanol–water partition coefficient (Wildman–Crippen LogP) is 5.35. The second-order valence-corrected chi connectivity index (χ2v) is 11.3. The third kappa shape index (κ3) is 5.69. The van der Waals surface area contributed by atoms with E-state index >= 15 is 0 Å². The van der Waals surface area contributed by atoms with Crippen molar-refractivity contribution >= 4 is 28.5 Å². The van der Waals surface area contributed by atoms with E-state index in [1.54, 1.807) is 15.5 Å². The van der Waals surface area contributed by atoms with Crippen molar-refractivity contribution < 1.29 is 35.9 Å². The Hall–Kier alpha value is -4.56. The van der Waals surface area contributed by atoms with Crippen molar-refractivity contribution in [3.05, 3.63) is 76.5 Å². The van der Waals surface area contributed by atoms with E-state index in [0.29, 0.717) is 31.4 Å². The number of likely N-dealkylation sites (tertiary alicyclic amines) is 1. The van der Waals surface area contributed by atoms with Crippen LogP contribution in [0.25, 0.3) is 16.7 Å². The van der Waals surface area contributed by atoms with E-state index in [2.05, 4.69) is 15.4 Å². The number of aromatic nitrogens is 4. The minimum absolute atomic E-state index is 0.0616. The third-order valence-corrected chi connectivity index (χ3v) is 8.21. The van der Waals surface area contributed by atoms with E-state index in [0.717, 1.165) is 30.5 Å². The number of halogens is 6. The molecule has 2 amide bonds. The molecule has 2 fully saturated rings. The highest BCUT2D eigenvalue weighted by molar-refractivity contribution is 5.97. The van der Waals surface area contributed by atoms with E-state index in [-0.39, 0.29) is 45.6 Å². The summed E-state index contributed by atoms with van der Waals surface area (Å²) < 4.78 is 81.2. The summed E-state index contributed by atoms with van der Waals surface area (Å²) in [4.78, 5) is 43.2. The standard InChI is InChI=1S/C29H26F6N6O3/c30-28(31,32)22-14-23(29(33,34)35)41(38-22)18-9-7-17(8-10-18)36-25(43)21-15-27(11-12-27)16-40(21)24(42)6-3-13-39-20-5-2-1-4-19(20)37-26(39)44/h1-2,4-5,7-10,14,21H,3,6,11-13,15-16H2,(H,36,43)(H,37,44)/t21-/m0/s1. The fraction of sp³-hybridized carbons (Fsp3) is 0.379. The molecule has 2 N–H and O–H groups in total. The number of carbonyl (C=O) groups is 2. The molecule has 1 saturated heterocycles. The van der Waals surface area contributed by atoms with Crippen LogP contribution in [0, 0.1) is 5.41 Å². The van der Waals surface area contributed by atoms with Gasteiger partial charge in [0.15, 0.2) is 5.69 Å². The van der Waals surface area contributed by atoms with Gasteiger partial charge in [0, 0.05) is 31.3 Å². The molecular formula is C29H26F6N6O3. The van der Waals surface area contributed by atoms with Crippen LogP contribution in [0.5, 0.6) is 0 Å². The average Bonchev–Trinajstić information content (AvgIpc) is 3.27. The predicted molar refractivity (Wildman–Crippen MR) is 146 cm³/mol.